The van der Waals surface area contributed by atoms with E-state index in [1.807, 2.05) is 77.9 Å². The van der Waals surface area contributed by atoms with Crippen LogP contribution in [0.2, 0.25) is 0 Å². The summed E-state index contributed by atoms with van der Waals surface area (Å²) in [5, 5.41) is 24.3. The Hall–Kier alpha value is -7.00. The van der Waals surface area contributed by atoms with Gasteiger partial charge in [0.25, 0.3) is 11.8 Å². The highest BCUT2D eigenvalue weighted by Gasteiger charge is 2.48. The third kappa shape index (κ3) is 15.1. The predicted octanol–water partition coefficient (Wildman–Crippen LogP) is 5.05. The zero-order valence-corrected chi connectivity index (χ0v) is 51.4. The number of rotatable bonds is 17. The molecule has 0 radical (unpaired) electrons. The Balaban J connectivity index is 0.00000566. The summed E-state index contributed by atoms with van der Waals surface area (Å²) in [4.78, 5) is 127. The van der Waals surface area contributed by atoms with Gasteiger partial charge in [-0.05, 0) is 137 Å². The molecule has 2 aromatic heterocycles. The first kappa shape index (κ1) is 66.1. The van der Waals surface area contributed by atoms with E-state index in [1.54, 1.807) is 52.2 Å². The van der Waals surface area contributed by atoms with Crippen LogP contribution in [0.15, 0.2) is 85.2 Å². The van der Waals surface area contributed by atoms with Crippen molar-refractivity contribution in [3.8, 4) is 11.4 Å². The van der Waals surface area contributed by atoms with Crippen LogP contribution in [0.25, 0.3) is 11.4 Å². The lowest BCUT2D eigenvalue weighted by molar-refractivity contribution is -0.144. The Morgan fingerprint density at radius 2 is 0.893 bits per heavy atom. The first-order valence-electron chi connectivity index (χ1n) is 28.8. The maximum absolute atomic E-state index is 14.9. The largest absolute Gasteiger partial charge is 0.347 e. The van der Waals surface area contributed by atoms with Gasteiger partial charge in [-0.25, -0.2) is 0 Å². The summed E-state index contributed by atoms with van der Waals surface area (Å²) in [6, 6.07) is 15.0. The standard InChI is InChI=1S/C62H82N12O8.2ClH/c1-35(63-9)53(75)71-51(61(3,4)5)59(81)73-33-39(31-47(73)57(79)69-45-27-15-21-37-19-11-13-23-41(37)45)67-55(77)43-25-17-29-65-49(43)50-44(26-18-30-66-50)56(78)68-40-32-48(58(80)70-46-28-16-22-38-20-12-14-24-42(38)46)74(34-40)60(82)52(62(6,7)8)72-54(76)36(2)64-10;;/h11-14,17-20,23-26,29-30,35-36,39-40,45-48,51-52,63-64H,15-16,21-22,27-28,31-34H2,1-10H3,(H,67,77)(H,68,78)(H,69,79)(H,70,80)(H,71,75)(H,72,76);2*1H/t35-,36-,39-,40-,45+,46+,47?,48?,51+,52?;;/m0../s1. The molecule has 2 aromatic carbocycles. The van der Waals surface area contributed by atoms with Crippen LogP contribution in [0.1, 0.15) is 149 Å². The lowest BCUT2D eigenvalue weighted by Gasteiger charge is -2.36. The molecule has 10 atom stereocenters. The first-order valence-corrected chi connectivity index (χ1v) is 28.8. The number of aromatic nitrogens is 2. The third-order valence-electron chi connectivity index (χ3n) is 16.6. The topological polar surface area (TPSA) is 265 Å². The van der Waals surface area contributed by atoms with E-state index in [9.17, 15) is 38.4 Å². The number of likely N-dealkylation sites (tertiary alicyclic amines) is 2. The Morgan fingerprint density at radius 3 is 1.25 bits per heavy atom. The molecule has 84 heavy (non-hydrogen) atoms. The van der Waals surface area contributed by atoms with Crippen molar-refractivity contribution in [2.75, 3.05) is 27.2 Å². The molecule has 8 rings (SSSR count). The van der Waals surface area contributed by atoms with Crippen molar-refractivity contribution in [3.63, 3.8) is 0 Å². The average molecular weight is 1200 g/mol. The average Bonchev–Trinajstić information content (AvgIpc) is 3.68. The number of fused-ring (bicyclic) bond motifs is 2. The normalized spacial score (nSPS) is 21.5. The molecule has 2 aliphatic heterocycles. The van der Waals surface area contributed by atoms with Gasteiger partial charge in [-0.3, -0.25) is 48.3 Å². The van der Waals surface area contributed by atoms with E-state index in [0.29, 0.717) is 12.8 Å². The third-order valence-corrected chi connectivity index (χ3v) is 16.6. The first-order chi connectivity index (χ1) is 39.0. The summed E-state index contributed by atoms with van der Waals surface area (Å²) in [5.74, 6) is -3.63. The highest BCUT2D eigenvalue weighted by atomic mass is 35.5. The molecule has 3 unspecified atom stereocenters. The lowest BCUT2D eigenvalue weighted by atomic mass is 9.85. The fourth-order valence-electron chi connectivity index (χ4n) is 11.7. The summed E-state index contributed by atoms with van der Waals surface area (Å²) in [7, 11) is 3.30. The van der Waals surface area contributed by atoms with E-state index in [-0.39, 0.29) is 109 Å². The van der Waals surface area contributed by atoms with Gasteiger partial charge in [-0.2, -0.15) is 0 Å². The van der Waals surface area contributed by atoms with Crippen LogP contribution in [0.3, 0.4) is 0 Å². The number of nitrogens with one attached hydrogen (secondary N) is 8. The molecule has 0 saturated carbocycles. The Bertz CT molecular complexity index is 2860. The summed E-state index contributed by atoms with van der Waals surface area (Å²) in [6.07, 6.45) is 8.04. The van der Waals surface area contributed by atoms with Crippen LogP contribution in [-0.2, 0) is 41.6 Å². The van der Waals surface area contributed by atoms with Crippen LogP contribution < -0.4 is 42.5 Å². The molecule has 0 bridgehead atoms. The number of amides is 8. The van der Waals surface area contributed by atoms with Gasteiger partial charge in [0, 0.05) is 37.6 Å². The molecule has 22 heteroatoms. The highest BCUT2D eigenvalue weighted by Crippen LogP contribution is 2.34. The van der Waals surface area contributed by atoms with Crippen molar-refractivity contribution < 1.29 is 38.4 Å². The molecule has 8 amide bonds. The van der Waals surface area contributed by atoms with Gasteiger partial charge in [-0.1, -0.05) is 90.1 Å². The number of aryl methyl sites for hydroxylation is 2. The van der Waals surface area contributed by atoms with Crippen molar-refractivity contribution in [2.24, 2.45) is 10.8 Å². The Kier molecular flexibility index (Phi) is 22.3. The van der Waals surface area contributed by atoms with Crippen molar-refractivity contribution >= 4 is 72.1 Å². The van der Waals surface area contributed by atoms with Gasteiger partial charge in [0.2, 0.25) is 35.4 Å². The van der Waals surface area contributed by atoms with Gasteiger partial charge >= 0.3 is 0 Å². The van der Waals surface area contributed by atoms with E-state index >= 15 is 0 Å². The quantitative estimate of drug-likeness (QED) is 0.0691. The fraction of sp³-hybridized carbons (Fsp3) is 0.516. The smallest absolute Gasteiger partial charge is 0.253 e. The van der Waals surface area contributed by atoms with E-state index in [0.717, 1.165) is 47.9 Å². The Morgan fingerprint density at radius 1 is 0.524 bits per heavy atom. The molecule has 4 aromatic rings. The minimum atomic E-state index is -1.02. The minimum absolute atomic E-state index is 0. The molecule has 0 spiro atoms. The molecular weight excluding hydrogens is 1110 g/mol. The van der Waals surface area contributed by atoms with Crippen LogP contribution in [0, 0.1) is 10.8 Å². The van der Waals surface area contributed by atoms with Gasteiger partial charge < -0.3 is 52.3 Å². The van der Waals surface area contributed by atoms with Crippen LogP contribution >= 0.6 is 24.8 Å². The van der Waals surface area contributed by atoms with Gasteiger partial charge in [0.15, 0.2) is 0 Å². The van der Waals surface area contributed by atoms with Crippen LogP contribution in [0.4, 0.5) is 0 Å². The Labute approximate surface area is 505 Å². The van der Waals surface area contributed by atoms with Crippen LogP contribution in [0.5, 0.6) is 0 Å². The number of nitrogens with zero attached hydrogens (tertiary/aromatic N) is 4. The second-order valence-electron chi connectivity index (χ2n) is 24.6. The molecular formula is C62H84Cl2N12O8. The second-order valence-corrected chi connectivity index (χ2v) is 24.6. The number of pyridine rings is 2. The van der Waals surface area contributed by atoms with Gasteiger partial charge in [0.05, 0.1) is 35.3 Å². The van der Waals surface area contributed by atoms with E-state index in [2.05, 4.69) is 64.6 Å². The van der Waals surface area contributed by atoms with Crippen molar-refractivity contribution in [3.05, 3.63) is 119 Å². The monoisotopic (exact) mass is 1190 g/mol. The summed E-state index contributed by atoms with van der Waals surface area (Å²) in [6.45, 7) is 14.3. The fourth-order valence-corrected chi connectivity index (χ4v) is 11.7. The summed E-state index contributed by atoms with van der Waals surface area (Å²) in [5.41, 5.74) is 3.13. The number of hydrogen-bond donors (Lipinski definition) is 8. The zero-order valence-electron chi connectivity index (χ0n) is 49.8. The number of carbonyl (C=O) groups excluding carboxylic acids is 8. The number of halogens is 2. The van der Waals surface area contributed by atoms with Gasteiger partial charge in [-0.15, -0.1) is 24.8 Å². The summed E-state index contributed by atoms with van der Waals surface area (Å²) < 4.78 is 0. The number of hydrogen-bond acceptors (Lipinski definition) is 12. The van der Waals surface area contributed by atoms with E-state index in [1.165, 1.54) is 22.2 Å². The minimum Gasteiger partial charge on any atom is -0.347 e. The number of likely N-dealkylation sites (N-methyl/N-ethyl adjacent to an activating group) is 2. The van der Waals surface area contributed by atoms with Crippen molar-refractivity contribution in [1.29, 1.82) is 0 Å². The van der Waals surface area contributed by atoms with E-state index in [4.69, 9.17) is 0 Å². The van der Waals surface area contributed by atoms with Crippen molar-refractivity contribution in [2.45, 2.75) is 167 Å². The van der Waals surface area contributed by atoms with E-state index < -0.39 is 82.8 Å². The van der Waals surface area contributed by atoms with Crippen molar-refractivity contribution in [1.82, 2.24) is 62.3 Å². The molecule has 454 valence electrons. The maximum atomic E-state index is 14.9. The molecule has 2 aliphatic carbocycles. The molecule has 4 heterocycles. The number of benzene rings is 2. The molecule has 4 aliphatic rings. The zero-order chi connectivity index (χ0) is 59.2. The molecule has 2 saturated heterocycles. The predicted molar refractivity (Wildman–Crippen MR) is 325 cm³/mol. The molecule has 2 fully saturated rings. The molecule has 8 N–H and O–H groups in total. The molecule has 20 nitrogen and oxygen atoms in total. The van der Waals surface area contributed by atoms with Crippen LogP contribution in [-0.4, -0.2) is 143 Å². The summed E-state index contributed by atoms with van der Waals surface area (Å²) >= 11 is 0. The second kappa shape index (κ2) is 28.3. The maximum Gasteiger partial charge on any atom is 0.253 e. The van der Waals surface area contributed by atoms with Gasteiger partial charge in [0.1, 0.15) is 35.6 Å². The number of carbonyl (C=O) groups is 8. The highest BCUT2D eigenvalue weighted by molar-refractivity contribution is 6.05. The SMILES string of the molecule is CN[C@@H](C)C(=O)NC(C(=O)N1C[C@@H](NC(=O)c2cccnc2-c2ncccc2C(=O)N[C@H]2CC(C(=O)N[C@@H]3CCCc4ccccc43)N(C(=O)[C@@H](NC(=O)[C@H](C)NC)C(C)(C)C)C2)CC1C(=O)N[C@@H]1CCCc2ccccc21)C(C)(C)C.Cl.Cl. The lowest BCUT2D eigenvalue weighted by Crippen LogP contribution is -2.59.